The van der Waals surface area contributed by atoms with Gasteiger partial charge in [-0.1, -0.05) is 5.21 Å². The van der Waals surface area contributed by atoms with E-state index in [4.69, 9.17) is 0 Å². The van der Waals surface area contributed by atoms with Gasteiger partial charge in [-0.05, 0) is 53.0 Å². The molecule has 0 aliphatic carbocycles. The monoisotopic (exact) mass is 236 g/mol. The van der Waals surface area contributed by atoms with E-state index in [2.05, 4.69) is 49.1 Å². The summed E-state index contributed by atoms with van der Waals surface area (Å²) in [5.41, 5.74) is 1.15. The van der Waals surface area contributed by atoms with Gasteiger partial charge in [-0.2, -0.15) is 0 Å². The predicted molar refractivity (Wildman–Crippen MR) is 68.9 cm³/mol. The van der Waals surface area contributed by atoms with Crippen molar-refractivity contribution in [1.29, 1.82) is 0 Å². The minimum atomic E-state index is 0.409. The van der Waals surface area contributed by atoms with Crippen molar-refractivity contribution in [1.82, 2.24) is 19.9 Å². The third kappa shape index (κ3) is 3.06. The van der Waals surface area contributed by atoms with E-state index in [9.17, 15) is 0 Å². The van der Waals surface area contributed by atoms with Crippen LogP contribution in [0.15, 0.2) is 6.20 Å². The fraction of sp³-hybridized carbons (Fsp3) is 0.846. The molecule has 1 unspecified atom stereocenters. The van der Waals surface area contributed by atoms with E-state index in [-0.39, 0.29) is 0 Å². The van der Waals surface area contributed by atoms with Gasteiger partial charge in [0.25, 0.3) is 0 Å². The SMILES string of the molecule is CC(C)N1CCC(Cc2cn(C(C)C)nn2)C1. The molecule has 2 rings (SSSR count). The van der Waals surface area contributed by atoms with Gasteiger partial charge in [-0.15, -0.1) is 5.10 Å². The molecule has 1 saturated heterocycles. The smallest absolute Gasteiger partial charge is 0.0830 e. The zero-order valence-corrected chi connectivity index (χ0v) is 11.4. The van der Waals surface area contributed by atoms with Crippen LogP contribution in [0.4, 0.5) is 0 Å². The molecule has 0 spiro atoms. The van der Waals surface area contributed by atoms with Crippen molar-refractivity contribution < 1.29 is 0 Å². The molecule has 1 aliphatic heterocycles. The number of rotatable bonds is 4. The summed E-state index contributed by atoms with van der Waals surface area (Å²) in [4.78, 5) is 2.55. The topological polar surface area (TPSA) is 34.0 Å². The number of aromatic nitrogens is 3. The standard InChI is InChI=1S/C13H24N4/c1-10(2)16-6-5-12(8-16)7-13-9-17(11(3)4)15-14-13/h9-12H,5-8H2,1-4H3. The highest BCUT2D eigenvalue weighted by molar-refractivity contribution is 4.97. The highest BCUT2D eigenvalue weighted by Crippen LogP contribution is 2.21. The first-order chi connectivity index (χ1) is 8.06. The highest BCUT2D eigenvalue weighted by Gasteiger charge is 2.25. The lowest BCUT2D eigenvalue weighted by Crippen LogP contribution is -2.28. The Morgan fingerprint density at radius 3 is 2.59 bits per heavy atom. The first-order valence-corrected chi connectivity index (χ1v) is 6.71. The Labute approximate surface area is 104 Å². The van der Waals surface area contributed by atoms with Crippen molar-refractivity contribution in [3.8, 4) is 0 Å². The molecule has 0 bridgehead atoms. The van der Waals surface area contributed by atoms with Gasteiger partial charge in [0.15, 0.2) is 0 Å². The van der Waals surface area contributed by atoms with Gasteiger partial charge in [0, 0.05) is 24.8 Å². The van der Waals surface area contributed by atoms with Crippen LogP contribution in [0.5, 0.6) is 0 Å². The molecule has 1 fully saturated rings. The zero-order chi connectivity index (χ0) is 12.4. The maximum Gasteiger partial charge on any atom is 0.0830 e. The second kappa shape index (κ2) is 5.17. The summed E-state index contributed by atoms with van der Waals surface area (Å²) in [6.07, 6.45) is 4.48. The van der Waals surface area contributed by atoms with E-state index >= 15 is 0 Å². The maximum atomic E-state index is 4.27. The van der Waals surface area contributed by atoms with Crippen LogP contribution in [-0.2, 0) is 6.42 Å². The van der Waals surface area contributed by atoms with E-state index in [1.807, 2.05) is 4.68 Å². The molecule has 0 saturated carbocycles. The first-order valence-electron chi connectivity index (χ1n) is 6.71. The molecule has 1 aromatic rings. The fourth-order valence-electron chi connectivity index (χ4n) is 2.45. The molecule has 0 aromatic carbocycles. The summed E-state index contributed by atoms with van der Waals surface area (Å²) < 4.78 is 1.95. The molecule has 1 aromatic heterocycles. The molecule has 17 heavy (non-hydrogen) atoms. The van der Waals surface area contributed by atoms with Crippen molar-refractivity contribution >= 4 is 0 Å². The van der Waals surface area contributed by atoms with Crippen LogP contribution < -0.4 is 0 Å². The Hall–Kier alpha value is -0.900. The summed E-state index contributed by atoms with van der Waals surface area (Å²) >= 11 is 0. The summed E-state index contributed by atoms with van der Waals surface area (Å²) in [7, 11) is 0. The van der Waals surface area contributed by atoms with Crippen LogP contribution in [0, 0.1) is 5.92 Å². The van der Waals surface area contributed by atoms with E-state index < -0.39 is 0 Å². The molecule has 0 radical (unpaired) electrons. The van der Waals surface area contributed by atoms with E-state index in [0.717, 1.165) is 18.0 Å². The van der Waals surface area contributed by atoms with Crippen LogP contribution in [0.3, 0.4) is 0 Å². The van der Waals surface area contributed by atoms with Gasteiger partial charge in [-0.25, -0.2) is 4.68 Å². The summed E-state index contributed by atoms with van der Waals surface area (Å²) in [5, 5.41) is 8.43. The molecule has 0 N–H and O–H groups in total. The molecule has 4 heteroatoms. The molecule has 96 valence electrons. The average molecular weight is 236 g/mol. The van der Waals surface area contributed by atoms with Gasteiger partial charge in [-0.3, -0.25) is 0 Å². The van der Waals surface area contributed by atoms with Gasteiger partial charge < -0.3 is 4.90 Å². The Morgan fingerprint density at radius 2 is 2.06 bits per heavy atom. The van der Waals surface area contributed by atoms with Crippen molar-refractivity contribution in [2.75, 3.05) is 13.1 Å². The minimum absolute atomic E-state index is 0.409. The Kier molecular flexibility index (Phi) is 3.82. The summed E-state index contributed by atoms with van der Waals surface area (Å²) in [6, 6.07) is 1.08. The fourth-order valence-corrected chi connectivity index (χ4v) is 2.45. The Bertz CT molecular complexity index is 356. The van der Waals surface area contributed by atoms with Gasteiger partial charge in [0.2, 0.25) is 0 Å². The van der Waals surface area contributed by atoms with E-state index in [1.54, 1.807) is 0 Å². The average Bonchev–Trinajstić information content (AvgIpc) is 2.87. The number of likely N-dealkylation sites (tertiary alicyclic amines) is 1. The normalized spacial score (nSPS) is 21.9. The lowest BCUT2D eigenvalue weighted by Gasteiger charge is -2.19. The van der Waals surface area contributed by atoms with Crippen molar-refractivity contribution in [2.24, 2.45) is 5.92 Å². The molecule has 1 aliphatic rings. The summed E-state index contributed by atoms with van der Waals surface area (Å²) in [5.74, 6) is 0.759. The number of hydrogen-bond donors (Lipinski definition) is 0. The molecule has 2 heterocycles. The minimum Gasteiger partial charge on any atom is -0.301 e. The number of nitrogens with zero attached hydrogens (tertiary/aromatic N) is 4. The van der Waals surface area contributed by atoms with E-state index in [1.165, 1.54) is 19.5 Å². The highest BCUT2D eigenvalue weighted by atomic mass is 15.4. The van der Waals surface area contributed by atoms with Crippen LogP contribution in [0.2, 0.25) is 0 Å². The van der Waals surface area contributed by atoms with E-state index in [0.29, 0.717) is 12.1 Å². The van der Waals surface area contributed by atoms with Crippen LogP contribution >= 0.6 is 0 Å². The molecular formula is C13H24N4. The first kappa shape index (κ1) is 12.6. The lowest BCUT2D eigenvalue weighted by molar-refractivity contribution is 0.265. The second-order valence-electron chi connectivity index (χ2n) is 5.73. The quantitative estimate of drug-likeness (QED) is 0.803. The third-order valence-corrected chi connectivity index (χ3v) is 3.63. The third-order valence-electron chi connectivity index (χ3n) is 3.63. The largest absolute Gasteiger partial charge is 0.301 e. The van der Waals surface area contributed by atoms with Crippen molar-refractivity contribution in [3.05, 3.63) is 11.9 Å². The number of hydrogen-bond acceptors (Lipinski definition) is 3. The molecule has 1 atom stereocenters. The zero-order valence-electron chi connectivity index (χ0n) is 11.4. The second-order valence-corrected chi connectivity index (χ2v) is 5.73. The van der Waals surface area contributed by atoms with Crippen LogP contribution in [-0.4, -0.2) is 39.0 Å². The molecule has 0 amide bonds. The Morgan fingerprint density at radius 1 is 1.29 bits per heavy atom. The van der Waals surface area contributed by atoms with Gasteiger partial charge in [0.1, 0.15) is 0 Å². The van der Waals surface area contributed by atoms with Crippen LogP contribution in [0.1, 0.15) is 45.9 Å². The van der Waals surface area contributed by atoms with Crippen molar-refractivity contribution in [3.63, 3.8) is 0 Å². The lowest BCUT2D eigenvalue weighted by atomic mass is 10.0. The maximum absolute atomic E-state index is 4.27. The van der Waals surface area contributed by atoms with Crippen LogP contribution in [0.25, 0.3) is 0 Å². The molecular weight excluding hydrogens is 212 g/mol. The van der Waals surface area contributed by atoms with Crippen molar-refractivity contribution in [2.45, 2.75) is 52.6 Å². The predicted octanol–water partition coefficient (Wildman–Crippen LogP) is 2.13. The van der Waals surface area contributed by atoms with Gasteiger partial charge in [0.05, 0.1) is 5.69 Å². The summed E-state index contributed by atoms with van der Waals surface area (Å²) in [6.45, 7) is 11.3. The van der Waals surface area contributed by atoms with Gasteiger partial charge >= 0.3 is 0 Å². The molecule has 4 nitrogen and oxygen atoms in total. The Balaban J connectivity index is 1.89.